The molecule has 21 heavy (non-hydrogen) atoms. The lowest BCUT2D eigenvalue weighted by atomic mass is 10.1. The Morgan fingerprint density at radius 3 is 2.43 bits per heavy atom. The quantitative estimate of drug-likeness (QED) is 0.737. The van der Waals surface area contributed by atoms with Gasteiger partial charge in [0.2, 0.25) is 0 Å². The maximum atomic E-state index is 13.0. The molecule has 0 spiro atoms. The molecular formula is C15H11ClF2INO. The summed E-state index contributed by atoms with van der Waals surface area (Å²) in [5, 5.41) is 3.20. The van der Waals surface area contributed by atoms with E-state index in [0.717, 1.165) is 9.64 Å². The van der Waals surface area contributed by atoms with E-state index in [0.29, 0.717) is 22.6 Å². The van der Waals surface area contributed by atoms with E-state index >= 15 is 0 Å². The second-order valence-corrected chi connectivity index (χ2v) is 5.98. The fraction of sp³-hybridized carbons (Fsp3) is 0.133. The highest BCUT2D eigenvalue weighted by Gasteiger charge is 2.08. The largest absolute Gasteiger partial charge is 0.352 e. The molecular weight excluding hydrogens is 411 g/mol. The molecule has 0 aliphatic carbocycles. The monoisotopic (exact) mass is 421 g/mol. The van der Waals surface area contributed by atoms with Gasteiger partial charge in [-0.2, -0.15) is 0 Å². The first-order valence-electron chi connectivity index (χ1n) is 6.14. The molecule has 0 saturated carbocycles. The summed E-state index contributed by atoms with van der Waals surface area (Å²) in [5.41, 5.74) is 0.944. The van der Waals surface area contributed by atoms with Crippen LogP contribution in [-0.2, 0) is 6.42 Å². The Morgan fingerprint density at radius 2 is 1.81 bits per heavy atom. The Labute approximate surface area is 139 Å². The molecule has 2 aromatic carbocycles. The van der Waals surface area contributed by atoms with Crippen LogP contribution in [0, 0.1) is 15.2 Å². The van der Waals surface area contributed by atoms with E-state index in [1.54, 1.807) is 18.2 Å². The van der Waals surface area contributed by atoms with Gasteiger partial charge < -0.3 is 5.32 Å². The van der Waals surface area contributed by atoms with Gasteiger partial charge in [0.1, 0.15) is 11.6 Å². The fourth-order valence-corrected chi connectivity index (χ4v) is 2.33. The van der Waals surface area contributed by atoms with E-state index in [1.165, 1.54) is 12.1 Å². The highest BCUT2D eigenvalue weighted by molar-refractivity contribution is 14.1. The van der Waals surface area contributed by atoms with Crippen LogP contribution in [0.4, 0.5) is 8.78 Å². The smallest absolute Gasteiger partial charge is 0.251 e. The number of amides is 1. The summed E-state index contributed by atoms with van der Waals surface area (Å²) in [6.45, 7) is 0.283. The van der Waals surface area contributed by atoms with Crippen molar-refractivity contribution in [3.8, 4) is 0 Å². The Balaban J connectivity index is 1.93. The number of nitrogens with one attached hydrogen (secondary N) is 1. The average molecular weight is 422 g/mol. The summed E-state index contributed by atoms with van der Waals surface area (Å²) >= 11 is 8.02. The predicted octanol–water partition coefficient (Wildman–Crippen LogP) is 4.20. The number of rotatable bonds is 4. The van der Waals surface area contributed by atoms with Crippen molar-refractivity contribution >= 4 is 40.1 Å². The van der Waals surface area contributed by atoms with Gasteiger partial charge in [0.15, 0.2) is 0 Å². The number of halogens is 4. The Bertz CT molecular complexity index is 658. The number of carbonyl (C=O) groups is 1. The van der Waals surface area contributed by atoms with Gasteiger partial charge in [0.05, 0.1) is 5.02 Å². The molecule has 0 radical (unpaired) electrons. The summed E-state index contributed by atoms with van der Waals surface area (Å²) in [5.74, 6) is -1.52. The van der Waals surface area contributed by atoms with Crippen LogP contribution in [0.2, 0.25) is 5.02 Å². The lowest BCUT2D eigenvalue weighted by Gasteiger charge is -2.07. The Hall–Kier alpha value is -1.21. The molecule has 0 fully saturated rings. The lowest BCUT2D eigenvalue weighted by molar-refractivity contribution is 0.0954. The third-order valence-electron chi connectivity index (χ3n) is 2.80. The van der Waals surface area contributed by atoms with Crippen LogP contribution in [0.3, 0.4) is 0 Å². The fourth-order valence-electron chi connectivity index (χ4n) is 1.82. The molecule has 0 heterocycles. The molecule has 0 aliphatic heterocycles. The molecule has 110 valence electrons. The first-order valence-corrected chi connectivity index (χ1v) is 7.59. The van der Waals surface area contributed by atoms with E-state index < -0.39 is 11.6 Å². The summed E-state index contributed by atoms with van der Waals surface area (Å²) < 4.78 is 26.9. The standard InChI is InChI=1S/C15H11ClF2INO/c16-13-7-10(1-2-14(13)19)15(21)20-4-3-9-5-11(17)8-12(18)6-9/h1-2,5-8H,3-4H2,(H,20,21). The van der Waals surface area contributed by atoms with Gasteiger partial charge >= 0.3 is 0 Å². The molecule has 0 saturated heterocycles. The molecule has 0 aromatic heterocycles. The van der Waals surface area contributed by atoms with Crippen LogP contribution in [0.1, 0.15) is 15.9 Å². The van der Waals surface area contributed by atoms with Gasteiger partial charge in [-0.05, 0) is 64.9 Å². The summed E-state index contributed by atoms with van der Waals surface area (Å²) in [6, 6.07) is 8.31. The van der Waals surface area contributed by atoms with Crippen LogP contribution < -0.4 is 5.32 Å². The van der Waals surface area contributed by atoms with Crippen molar-refractivity contribution in [3.05, 3.63) is 67.8 Å². The first kappa shape index (κ1) is 16.2. The highest BCUT2D eigenvalue weighted by Crippen LogP contribution is 2.19. The normalized spacial score (nSPS) is 10.5. The van der Waals surface area contributed by atoms with Crippen molar-refractivity contribution in [3.63, 3.8) is 0 Å². The van der Waals surface area contributed by atoms with Crippen LogP contribution in [0.15, 0.2) is 36.4 Å². The molecule has 1 amide bonds. The number of carbonyl (C=O) groups excluding carboxylic acids is 1. The van der Waals surface area contributed by atoms with Crippen LogP contribution in [0.5, 0.6) is 0 Å². The zero-order valence-corrected chi connectivity index (χ0v) is 13.7. The van der Waals surface area contributed by atoms with Crippen LogP contribution in [-0.4, -0.2) is 12.5 Å². The third-order valence-corrected chi connectivity index (χ3v) is 4.38. The van der Waals surface area contributed by atoms with Crippen molar-refractivity contribution in [2.24, 2.45) is 0 Å². The van der Waals surface area contributed by atoms with Gasteiger partial charge in [0.25, 0.3) is 5.91 Å². The van der Waals surface area contributed by atoms with E-state index in [4.69, 9.17) is 11.6 Å². The lowest BCUT2D eigenvalue weighted by Crippen LogP contribution is -2.25. The SMILES string of the molecule is O=C(NCCc1cc(F)cc(F)c1)c1ccc(I)c(Cl)c1. The van der Waals surface area contributed by atoms with Gasteiger partial charge in [0, 0.05) is 21.7 Å². The maximum Gasteiger partial charge on any atom is 0.251 e. The molecule has 2 nitrogen and oxygen atoms in total. The first-order chi connectivity index (χ1) is 9.95. The van der Waals surface area contributed by atoms with Gasteiger partial charge in [-0.1, -0.05) is 11.6 Å². The zero-order chi connectivity index (χ0) is 15.4. The highest BCUT2D eigenvalue weighted by atomic mass is 127. The second-order valence-electron chi connectivity index (χ2n) is 4.41. The Kier molecular flexibility index (Phi) is 5.52. The minimum absolute atomic E-state index is 0.273. The van der Waals surface area contributed by atoms with Crippen LogP contribution in [0.25, 0.3) is 0 Å². The van der Waals surface area contributed by atoms with Crippen molar-refractivity contribution < 1.29 is 13.6 Å². The maximum absolute atomic E-state index is 13.0. The predicted molar refractivity (Wildman–Crippen MR) is 86.6 cm³/mol. The summed E-state index contributed by atoms with van der Waals surface area (Å²) in [7, 11) is 0. The molecule has 2 aromatic rings. The van der Waals surface area contributed by atoms with Gasteiger partial charge in [-0.3, -0.25) is 4.79 Å². The molecule has 0 atom stereocenters. The van der Waals surface area contributed by atoms with E-state index in [2.05, 4.69) is 27.9 Å². The van der Waals surface area contributed by atoms with Crippen molar-refractivity contribution in [1.82, 2.24) is 5.32 Å². The van der Waals surface area contributed by atoms with Gasteiger partial charge in [-0.15, -0.1) is 0 Å². The number of hydrogen-bond acceptors (Lipinski definition) is 1. The minimum Gasteiger partial charge on any atom is -0.352 e. The van der Waals surface area contributed by atoms with E-state index in [-0.39, 0.29) is 12.5 Å². The van der Waals surface area contributed by atoms with Crippen molar-refractivity contribution in [2.45, 2.75) is 6.42 Å². The summed E-state index contributed by atoms with van der Waals surface area (Å²) in [6.07, 6.45) is 0.346. The molecule has 1 N–H and O–H groups in total. The third kappa shape index (κ3) is 4.64. The number of hydrogen-bond donors (Lipinski definition) is 1. The average Bonchev–Trinajstić information content (AvgIpc) is 2.40. The minimum atomic E-state index is -0.624. The molecule has 0 unspecified atom stereocenters. The Morgan fingerprint density at radius 1 is 1.14 bits per heavy atom. The molecule has 6 heteroatoms. The topological polar surface area (TPSA) is 29.1 Å². The molecule has 2 rings (SSSR count). The van der Waals surface area contributed by atoms with E-state index in [1.807, 2.05) is 0 Å². The van der Waals surface area contributed by atoms with Crippen LogP contribution >= 0.6 is 34.2 Å². The second kappa shape index (κ2) is 7.17. The molecule has 0 bridgehead atoms. The summed E-state index contributed by atoms with van der Waals surface area (Å²) in [4.78, 5) is 11.9. The van der Waals surface area contributed by atoms with Gasteiger partial charge in [-0.25, -0.2) is 8.78 Å². The van der Waals surface area contributed by atoms with Crippen molar-refractivity contribution in [1.29, 1.82) is 0 Å². The zero-order valence-electron chi connectivity index (χ0n) is 10.8. The van der Waals surface area contributed by atoms with E-state index in [9.17, 15) is 13.6 Å². The van der Waals surface area contributed by atoms with Crippen molar-refractivity contribution in [2.75, 3.05) is 6.54 Å². The number of benzene rings is 2. The molecule has 0 aliphatic rings.